The summed E-state index contributed by atoms with van der Waals surface area (Å²) in [4.78, 5) is 27.2. The number of amides is 2. The van der Waals surface area contributed by atoms with E-state index >= 15 is 0 Å². The lowest BCUT2D eigenvalue weighted by Gasteiger charge is -2.57. The first kappa shape index (κ1) is 16.1. The second-order valence-corrected chi connectivity index (χ2v) is 9.99. The molecule has 0 atom stereocenters. The van der Waals surface area contributed by atoms with Crippen LogP contribution in [0, 0.1) is 29.6 Å². The lowest BCUT2D eigenvalue weighted by Crippen LogP contribution is -2.61. The molecule has 6 aliphatic rings. The monoisotopic (exact) mass is 344 g/mol. The molecule has 0 unspecified atom stereocenters. The number of rotatable bonds is 4. The van der Waals surface area contributed by atoms with Crippen molar-refractivity contribution in [3.8, 4) is 0 Å². The normalized spacial score (nSPS) is 40.3. The van der Waals surface area contributed by atoms with E-state index in [-0.39, 0.29) is 17.4 Å². The van der Waals surface area contributed by atoms with Crippen molar-refractivity contribution >= 4 is 11.8 Å². The smallest absolute Gasteiger partial charge is 0.223 e. The predicted octanol–water partition coefficient (Wildman–Crippen LogP) is 3.11. The SMILES string of the molecule is O=C(NC12CC3CC(CC(C3)C1)C2)C1CCN(C(=O)CC2CC2)CC1. The van der Waals surface area contributed by atoms with E-state index in [1.807, 2.05) is 4.90 Å². The second kappa shape index (κ2) is 5.99. The summed E-state index contributed by atoms with van der Waals surface area (Å²) in [6.45, 7) is 1.56. The molecule has 0 aromatic heterocycles. The zero-order valence-corrected chi connectivity index (χ0v) is 15.3. The summed E-state index contributed by atoms with van der Waals surface area (Å²) in [6.07, 6.45) is 12.8. The lowest BCUT2D eigenvalue weighted by molar-refractivity contribution is -0.138. The Balaban J connectivity index is 1.15. The van der Waals surface area contributed by atoms with E-state index in [0.717, 1.165) is 50.1 Å². The van der Waals surface area contributed by atoms with Crippen LogP contribution in [0.15, 0.2) is 0 Å². The molecule has 5 aliphatic carbocycles. The minimum Gasteiger partial charge on any atom is -0.350 e. The maximum Gasteiger partial charge on any atom is 0.223 e. The quantitative estimate of drug-likeness (QED) is 0.852. The molecule has 1 aliphatic heterocycles. The van der Waals surface area contributed by atoms with Crippen molar-refractivity contribution in [2.24, 2.45) is 29.6 Å². The van der Waals surface area contributed by atoms with Gasteiger partial charge in [-0.25, -0.2) is 0 Å². The largest absolute Gasteiger partial charge is 0.350 e. The molecular formula is C21H32N2O2. The van der Waals surface area contributed by atoms with Crippen LogP contribution < -0.4 is 5.32 Å². The van der Waals surface area contributed by atoms with Crippen LogP contribution in [-0.2, 0) is 9.59 Å². The first-order valence-electron chi connectivity index (χ1n) is 10.7. The minimum atomic E-state index is 0.123. The Hall–Kier alpha value is -1.06. The highest BCUT2D eigenvalue weighted by atomic mass is 16.2. The van der Waals surface area contributed by atoms with E-state index in [4.69, 9.17) is 0 Å². The van der Waals surface area contributed by atoms with Crippen LogP contribution in [0.1, 0.15) is 70.6 Å². The highest BCUT2D eigenvalue weighted by Crippen LogP contribution is 2.55. The maximum atomic E-state index is 12.9. The number of hydrogen-bond donors (Lipinski definition) is 1. The number of likely N-dealkylation sites (tertiary alicyclic amines) is 1. The topological polar surface area (TPSA) is 49.4 Å². The van der Waals surface area contributed by atoms with Crippen LogP contribution in [0.2, 0.25) is 0 Å². The molecule has 6 rings (SSSR count). The highest BCUT2D eigenvalue weighted by Gasteiger charge is 2.51. The zero-order chi connectivity index (χ0) is 17.0. The Morgan fingerprint density at radius 2 is 1.44 bits per heavy atom. The molecule has 25 heavy (non-hydrogen) atoms. The van der Waals surface area contributed by atoms with Gasteiger partial charge in [0, 0.05) is 31.0 Å². The van der Waals surface area contributed by atoms with E-state index in [9.17, 15) is 9.59 Å². The molecule has 138 valence electrons. The van der Waals surface area contributed by atoms with Crippen LogP contribution in [0.5, 0.6) is 0 Å². The van der Waals surface area contributed by atoms with Crippen molar-refractivity contribution in [3.05, 3.63) is 0 Å². The number of carbonyl (C=O) groups is 2. The third-order valence-corrected chi connectivity index (χ3v) is 7.81. The van der Waals surface area contributed by atoms with Gasteiger partial charge in [0.05, 0.1) is 0 Å². The van der Waals surface area contributed by atoms with Crippen molar-refractivity contribution in [1.82, 2.24) is 10.2 Å². The molecule has 0 aromatic carbocycles. The Kier molecular flexibility index (Phi) is 3.87. The van der Waals surface area contributed by atoms with Gasteiger partial charge in [0.25, 0.3) is 0 Å². The van der Waals surface area contributed by atoms with Gasteiger partial charge in [-0.2, -0.15) is 0 Å². The Morgan fingerprint density at radius 1 is 0.880 bits per heavy atom. The Bertz CT molecular complexity index is 525. The molecule has 4 heteroatoms. The third kappa shape index (κ3) is 3.21. The van der Waals surface area contributed by atoms with E-state index in [1.165, 1.54) is 51.4 Å². The van der Waals surface area contributed by atoms with E-state index < -0.39 is 0 Å². The molecule has 4 nitrogen and oxygen atoms in total. The van der Waals surface area contributed by atoms with Crippen molar-refractivity contribution in [3.63, 3.8) is 0 Å². The summed E-state index contributed by atoms with van der Waals surface area (Å²) < 4.78 is 0. The molecule has 4 bridgehead atoms. The Labute approximate surface area is 151 Å². The molecule has 1 heterocycles. The fourth-order valence-corrected chi connectivity index (χ4v) is 6.72. The maximum absolute atomic E-state index is 12.9. The summed E-state index contributed by atoms with van der Waals surface area (Å²) in [7, 11) is 0. The average Bonchev–Trinajstić information content (AvgIpc) is 3.37. The third-order valence-electron chi connectivity index (χ3n) is 7.81. The van der Waals surface area contributed by atoms with Gasteiger partial charge in [-0.05, 0) is 87.9 Å². The fraction of sp³-hybridized carbons (Fsp3) is 0.905. The van der Waals surface area contributed by atoms with Gasteiger partial charge in [-0.1, -0.05) is 0 Å². The zero-order valence-electron chi connectivity index (χ0n) is 15.3. The number of nitrogens with zero attached hydrogens (tertiary/aromatic N) is 1. The summed E-state index contributed by atoms with van der Waals surface area (Å²) in [6, 6.07) is 0. The summed E-state index contributed by atoms with van der Waals surface area (Å²) in [5, 5.41) is 3.54. The van der Waals surface area contributed by atoms with Crippen LogP contribution in [0.4, 0.5) is 0 Å². The van der Waals surface area contributed by atoms with Gasteiger partial charge in [-0.15, -0.1) is 0 Å². The number of carbonyl (C=O) groups excluding carboxylic acids is 2. The van der Waals surface area contributed by atoms with E-state index in [0.29, 0.717) is 11.8 Å². The molecule has 1 N–H and O–H groups in total. The molecule has 2 amide bonds. The van der Waals surface area contributed by atoms with Crippen molar-refractivity contribution in [2.75, 3.05) is 13.1 Å². The summed E-state index contributed by atoms with van der Waals surface area (Å²) in [5.74, 6) is 4.00. The van der Waals surface area contributed by atoms with E-state index in [1.54, 1.807) is 0 Å². The van der Waals surface area contributed by atoms with Gasteiger partial charge < -0.3 is 10.2 Å². The number of nitrogens with one attached hydrogen (secondary N) is 1. The second-order valence-electron chi connectivity index (χ2n) is 9.99. The van der Waals surface area contributed by atoms with Gasteiger partial charge in [0.2, 0.25) is 11.8 Å². The van der Waals surface area contributed by atoms with Crippen LogP contribution >= 0.6 is 0 Å². The first-order valence-corrected chi connectivity index (χ1v) is 10.7. The standard InChI is InChI=1S/C21H32N2O2/c24-19(10-14-1-2-14)23-5-3-18(4-6-23)20(25)22-21-11-15-7-16(12-21)9-17(8-15)13-21/h14-18H,1-13H2,(H,22,25). The summed E-state index contributed by atoms with van der Waals surface area (Å²) in [5.41, 5.74) is 0.130. The fourth-order valence-electron chi connectivity index (χ4n) is 6.72. The van der Waals surface area contributed by atoms with Crippen molar-refractivity contribution in [1.29, 1.82) is 0 Å². The molecule has 5 saturated carbocycles. The number of piperidine rings is 1. The molecular weight excluding hydrogens is 312 g/mol. The summed E-state index contributed by atoms with van der Waals surface area (Å²) >= 11 is 0. The molecule has 0 aromatic rings. The van der Waals surface area contributed by atoms with Gasteiger partial charge >= 0.3 is 0 Å². The van der Waals surface area contributed by atoms with Gasteiger partial charge in [0.15, 0.2) is 0 Å². The Morgan fingerprint density at radius 3 is 1.96 bits per heavy atom. The molecule has 1 saturated heterocycles. The van der Waals surface area contributed by atoms with Crippen LogP contribution in [0.3, 0.4) is 0 Å². The number of hydrogen-bond acceptors (Lipinski definition) is 2. The molecule has 0 radical (unpaired) electrons. The van der Waals surface area contributed by atoms with Crippen LogP contribution in [-0.4, -0.2) is 35.3 Å². The van der Waals surface area contributed by atoms with Crippen LogP contribution in [0.25, 0.3) is 0 Å². The van der Waals surface area contributed by atoms with Gasteiger partial charge in [0.1, 0.15) is 0 Å². The highest BCUT2D eigenvalue weighted by molar-refractivity contribution is 5.81. The lowest BCUT2D eigenvalue weighted by atomic mass is 9.53. The minimum absolute atomic E-state index is 0.123. The molecule has 6 fully saturated rings. The van der Waals surface area contributed by atoms with E-state index in [2.05, 4.69) is 5.32 Å². The average molecular weight is 344 g/mol. The first-order chi connectivity index (χ1) is 12.1. The molecule has 0 spiro atoms. The predicted molar refractivity (Wildman–Crippen MR) is 95.7 cm³/mol. The van der Waals surface area contributed by atoms with Crippen molar-refractivity contribution < 1.29 is 9.59 Å². The van der Waals surface area contributed by atoms with Gasteiger partial charge in [-0.3, -0.25) is 9.59 Å². The van der Waals surface area contributed by atoms with Crippen molar-refractivity contribution in [2.45, 2.75) is 76.2 Å².